The van der Waals surface area contributed by atoms with Crippen LogP contribution < -0.4 is 5.32 Å². The monoisotopic (exact) mass is 141 g/mol. The number of hydrogen-bond acceptors (Lipinski definition) is 2. The van der Waals surface area contributed by atoms with Crippen LogP contribution in [-0.4, -0.2) is 20.8 Å². The number of imidazole rings is 1. The minimum absolute atomic E-state index is 0.245. The van der Waals surface area contributed by atoms with Crippen molar-refractivity contribution < 1.29 is 9.90 Å². The highest BCUT2D eigenvalue weighted by Crippen LogP contribution is 1.81. The first kappa shape index (κ1) is 6.60. The maximum Gasteiger partial charge on any atom is 0.406 e. The van der Waals surface area contributed by atoms with Crippen LogP contribution in [0.1, 0.15) is 0 Å². The molecule has 1 aromatic rings. The molecular formula is C5H7N3O2. The molecular weight excluding hydrogens is 134 g/mol. The summed E-state index contributed by atoms with van der Waals surface area (Å²) in [5, 5.41) is 10.4. The van der Waals surface area contributed by atoms with Gasteiger partial charge in [-0.15, -0.1) is 0 Å². The van der Waals surface area contributed by atoms with Gasteiger partial charge in [0.15, 0.2) is 0 Å². The highest BCUT2D eigenvalue weighted by Gasteiger charge is 1.91. The van der Waals surface area contributed by atoms with Crippen LogP contribution in [0.3, 0.4) is 0 Å². The van der Waals surface area contributed by atoms with Crippen molar-refractivity contribution in [2.75, 3.05) is 0 Å². The Balaban J connectivity index is 2.35. The Morgan fingerprint density at radius 3 is 3.10 bits per heavy atom. The van der Waals surface area contributed by atoms with E-state index in [4.69, 9.17) is 5.11 Å². The minimum Gasteiger partial charge on any atom is -0.465 e. The molecule has 0 aromatic carbocycles. The van der Waals surface area contributed by atoms with Gasteiger partial charge in [0.1, 0.15) is 0 Å². The summed E-state index contributed by atoms with van der Waals surface area (Å²) < 4.78 is 1.62. The molecule has 0 aliphatic carbocycles. The molecule has 0 radical (unpaired) electrons. The third kappa shape index (κ3) is 1.77. The van der Waals surface area contributed by atoms with Gasteiger partial charge in [-0.2, -0.15) is 0 Å². The van der Waals surface area contributed by atoms with Gasteiger partial charge in [-0.25, -0.2) is 9.78 Å². The largest absolute Gasteiger partial charge is 0.465 e. The summed E-state index contributed by atoms with van der Waals surface area (Å²) in [6.07, 6.45) is 3.77. The highest BCUT2D eigenvalue weighted by atomic mass is 16.4. The molecule has 0 fully saturated rings. The standard InChI is InChI=1S/C5H7N3O2/c9-5(10)7-4-8-2-1-6-3-8/h1-3,7H,4H2,(H,9,10). The summed E-state index contributed by atoms with van der Waals surface area (Å²) in [5.41, 5.74) is 0. The molecule has 1 aromatic heterocycles. The van der Waals surface area contributed by atoms with Gasteiger partial charge in [0, 0.05) is 12.4 Å². The first-order valence-electron chi connectivity index (χ1n) is 2.71. The van der Waals surface area contributed by atoms with Gasteiger partial charge in [0.25, 0.3) is 0 Å². The van der Waals surface area contributed by atoms with E-state index in [9.17, 15) is 4.79 Å². The van der Waals surface area contributed by atoms with E-state index in [0.717, 1.165) is 0 Å². The average molecular weight is 141 g/mol. The second-order valence-corrected chi connectivity index (χ2v) is 1.72. The van der Waals surface area contributed by atoms with Crippen molar-refractivity contribution in [2.24, 2.45) is 0 Å². The smallest absolute Gasteiger partial charge is 0.406 e. The average Bonchev–Trinajstić information content (AvgIpc) is 2.34. The molecule has 0 saturated carbocycles. The molecule has 0 aliphatic heterocycles. The number of carboxylic acid groups (broad SMARTS) is 1. The molecule has 5 heteroatoms. The predicted octanol–water partition coefficient (Wildman–Crippen LogP) is 0.108. The van der Waals surface area contributed by atoms with Crippen LogP contribution >= 0.6 is 0 Å². The topological polar surface area (TPSA) is 67.2 Å². The van der Waals surface area contributed by atoms with Crippen LogP contribution in [0.25, 0.3) is 0 Å². The third-order valence-corrected chi connectivity index (χ3v) is 0.972. The third-order valence-electron chi connectivity index (χ3n) is 0.972. The van der Waals surface area contributed by atoms with Crippen molar-refractivity contribution in [1.82, 2.24) is 14.9 Å². The number of nitrogens with zero attached hydrogens (tertiary/aromatic N) is 2. The Labute approximate surface area is 57.3 Å². The lowest BCUT2D eigenvalue weighted by molar-refractivity contribution is 0.191. The van der Waals surface area contributed by atoms with Gasteiger partial charge >= 0.3 is 6.09 Å². The van der Waals surface area contributed by atoms with Crippen LogP contribution in [0.15, 0.2) is 18.7 Å². The first-order valence-corrected chi connectivity index (χ1v) is 2.71. The molecule has 0 unspecified atom stereocenters. The van der Waals surface area contributed by atoms with Gasteiger partial charge < -0.3 is 15.0 Å². The molecule has 0 aliphatic rings. The van der Waals surface area contributed by atoms with Gasteiger partial charge in [0.05, 0.1) is 13.0 Å². The fourth-order valence-electron chi connectivity index (χ4n) is 0.539. The number of carbonyl (C=O) groups is 1. The van der Waals surface area contributed by atoms with Crippen molar-refractivity contribution in [3.8, 4) is 0 Å². The van der Waals surface area contributed by atoms with Crippen LogP contribution in [0.5, 0.6) is 0 Å². The van der Waals surface area contributed by atoms with E-state index in [1.54, 1.807) is 17.0 Å². The zero-order chi connectivity index (χ0) is 7.40. The number of amides is 1. The normalized spacial score (nSPS) is 9.20. The lowest BCUT2D eigenvalue weighted by Gasteiger charge is -1.99. The Bertz CT molecular complexity index is 207. The van der Waals surface area contributed by atoms with E-state index >= 15 is 0 Å². The van der Waals surface area contributed by atoms with Crippen LogP contribution in [0.2, 0.25) is 0 Å². The van der Waals surface area contributed by atoms with E-state index in [0.29, 0.717) is 0 Å². The molecule has 5 nitrogen and oxygen atoms in total. The number of hydrogen-bond donors (Lipinski definition) is 2. The maximum atomic E-state index is 9.95. The Hall–Kier alpha value is -1.52. The van der Waals surface area contributed by atoms with Gasteiger partial charge in [0.2, 0.25) is 0 Å². The van der Waals surface area contributed by atoms with Crippen molar-refractivity contribution in [3.05, 3.63) is 18.7 Å². The van der Waals surface area contributed by atoms with Crippen molar-refractivity contribution in [3.63, 3.8) is 0 Å². The molecule has 54 valence electrons. The number of nitrogens with one attached hydrogen (secondary N) is 1. The van der Waals surface area contributed by atoms with Gasteiger partial charge in [-0.1, -0.05) is 0 Å². The lowest BCUT2D eigenvalue weighted by Crippen LogP contribution is -2.23. The summed E-state index contributed by atoms with van der Waals surface area (Å²) in [6, 6.07) is 0. The van der Waals surface area contributed by atoms with E-state index in [-0.39, 0.29) is 6.67 Å². The summed E-state index contributed by atoms with van der Waals surface area (Å²) in [6.45, 7) is 0.245. The molecule has 1 heterocycles. The minimum atomic E-state index is -1.03. The number of rotatable bonds is 2. The van der Waals surface area contributed by atoms with Crippen LogP contribution in [0, 0.1) is 0 Å². The van der Waals surface area contributed by atoms with E-state index in [1.807, 2.05) is 0 Å². The summed E-state index contributed by atoms with van der Waals surface area (Å²) in [7, 11) is 0. The van der Waals surface area contributed by atoms with Gasteiger partial charge in [-0.3, -0.25) is 0 Å². The first-order chi connectivity index (χ1) is 4.79. The Morgan fingerprint density at radius 1 is 1.80 bits per heavy atom. The Kier molecular flexibility index (Phi) is 1.89. The zero-order valence-corrected chi connectivity index (χ0v) is 5.19. The van der Waals surface area contributed by atoms with Crippen molar-refractivity contribution in [1.29, 1.82) is 0 Å². The Morgan fingerprint density at radius 2 is 2.60 bits per heavy atom. The molecule has 1 amide bonds. The zero-order valence-electron chi connectivity index (χ0n) is 5.19. The molecule has 0 saturated heterocycles. The fraction of sp³-hybridized carbons (Fsp3) is 0.200. The molecule has 1 rings (SSSR count). The van der Waals surface area contributed by atoms with Gasteiger partial charge in [-0.05, 0) is 0 Å². The van der Waals surface area contributed by atoms with E-state index in [1.165, 1.54) is 6.33 Å². The molecule has 0 spiro atoms. The molecule has 0 atom stereocenters. The maximum absolute atomic E-state index is 9.95. The molecule has 10 heavy (non-hydrogen) atoms. The second kappa shape index (κ2) is 2.86. The van der Waals surface area contributed by atoms with Crippen LogP contribution in [-0.2, 0) is 6.67 Å². The fourth-order valence-corrected chi connectivity index (χ4v) is 0.539. The SMILES string of the molecule is O=C(O)NCn1ccnc1. The quantitative estimate of drug-likeness (QED) is 0.614. The summed E-state index contributed by atoms with van der Waals surface area (Å²) in [4.78, 5) is 13.7. The van der Waals surface area contributed by atoms with Crippen molar-refractivity contribution >= 4 is 6.09 Å². The van der Waals surface area contributed by atoms with Crippen LogP contribution in [0.4, 0.5) is 4.79 Å². The molecule has 2 N–H and O–H groups in total. The second-order valence-electron chi connectivity index (χ2n) is 1.72. The van der Waals surface area contributed by atoms with E-state index in [2.05, 4.69) is 10.3 Å². The van der Waals surface area contributed by atoms with E-state index < -0.39 is 6.09 Å². The van der Waals surface area contributed by atoms with Crippen molar-refractivity contribution in [2.45, 2.75) is 6.67 Å². The number of aromatic nitrogens is 2. The molecule has 0 bridgehead atoms. The highest BCUT2D eigenvalue weighted by molar-refractivity contribution is 5.63. The predicted molar refractivity (Wildman–Crippen MR) is 33.4 cm³/mol. The summed E-state index contributed by atoms with van der Waals surface area (Å²) in [5.74, 6) is 0. The lowest BCUT2D eigenvalue weighted by atomic mass is 10.8. The summed E-state index contributed by atoms with van der Waals surface area (Å²) >= 11 is 0.